The molecule has 2 aromatic heterocycles. The Balaban J connectivity index is 1.64. The van der Waals surface area contributed by atoms with Crippen LogP contribution in [0.15, 0.2) is 54.7 Å². The number of benzene rings is 2. The number of carbonyl (C=O) groups excluding carboxylic acids is 1. The lowest BCUT2D eigenvalue weighted by Gasteiger charge is -2.12. The molecular weight excluding hydrogens is 312 g/mol. The summed E-state index contributed by atoms with van der Waals surface area (Å²) in [6, 6.07) is 15.4. The van der Waals surface area contributed by atoms with Crippen molar-refractivity contribution in [1.29, 1.82) is 0 Å². The first-order chi connectivity index (χ1) is 12.3. The minimum absolute atomic E-state index is 0.0889. The van der Waals surface area contributed by atoms with Crippen molar-refractivity contribution in [2.24, 2.45) is 0 Å². The molecule has 1 aliphatic rings. The first-order valence-corrected chi connectivity index (χ1v) is 8.34. The van der Waals surface area contributed by atoms with Crippen LogP contribution in [0.2, 0.25) is 0 Å². The van der Waals surface area contributed by atoms with E-state index >= 15 is 0 Å². The molecule has 0 radical (unpaired) electrons. The van der Waals surface area contributed by atoms with Crippen LogP contribution in [-0.4, -0.2) is 21.1 Å². The van der Waals surface area contributed by atoms with Crippen LogP contribution >= 0.6 is 0 Å². The molecule has 5 rings (SSSR count). The molecule has 0 unspecified atom stereocenters. The van der Waals surface area contributed by atoms with Gasteiger partial charge >= 0.3 is 0 Å². The van der Waals surface area contributed by atoms with Crippen LogP contribution in [0, 0.1) is 0 Å². The van der Waals surface area contributed by atoms with Crippen LogP contribution in [0.4, 0.5) is 5.69 Å². The summed E-state index contributed by atoms with van der Waals surface area (Å²) in [5.74, 6) is -0.0889. The molecule has 2 heterocycles. The quantitative estimate of drug-likeness (QED) is 0.522. The number of H-pyrrole nitrogens is 2. The highest BCUT2D eigenvalue weighted by molar-refractivity contribution is 6.14. The standard InChI is InChI=1S/C20H16N4O/c25-20(22-13-5-2-1-3-6-13)15-7-4-8-16-17(15)14-10-9-12-11-21-24-18(12)19(14)23-16/h1-8,11,23H,9-10H2,(H,21,24)(H,22,25). The Morgan fingerprint density at radius 1 is 1.00 bits per heavy atom. The normalized spacial score (nSPS) is 12.6. The maximum atomic E-state index is 12.9. The maximum absolute atomic E-state index is 12.9. The number of fused-ring (bicyclic) bond motifs is 5. The van der Waals surface area contributed by atoms with Gasteiger partial charge in [-0.05, 0) is 48.2 Å². The van der Waals surface area contributed by atoms with Gasteiger partial charge in [-0.25, -0.2) is 0 Å². The fraction of sp³-hybridized carbons (Fsp3) is 0.100. The zero-order valence-corrected chi connectivity index (χ0v) is 13.5. The Hall–Kier alpha value is -3.34. The van der Waals surface area contributed by atoms with E-state index in [0.29, 0.717) is 5.56 Å². The minimum atomic E-state index is -0.0889. The number of nitrogens with one attached hydrogen (secondary N) is 3. The second-order valence-corrected chi connectivity index (χ2v) is 6.30. The molecule has 122 valence electrons. The average Bonchev–Trinajstić information content (AvgIpc) is 3.26. The predicted octanol–water partition coefficient (Wildman–Crippen LogP) is 3.91. The number of aromatic amines is 2. The van der Waals surface area contributed by atoms with Crippen molar-refractivity contribution in [3.63, 3.8) is 0 Å². The van der Waals surface area contributed by atoms with Crippen molar-refractivity contribution >= 4 is 22.5 Å². The summed E-state index contributed by atoms with van der Waals surface area (Å²) in [5.41, 5.74) is 6.96. The van der Waals surface area contributed by atoms with Crippen molar-refractivity contribution in [3.8, 4) is 11.4 Å². The number of amides is 1. The van der Waals surface area contributed by atoms with Crippen LogP contribution < -0.4 is 5.32 Å². The lowest BCUT2D eigenvalue weighted by Crippen LogP contribution is -2.12. The van der Waals surface area contributed by atoms with Crippen molar-refractivity contribution in [1.82, 2.24) is 15.2 Å². The van der Waals surface area contributed by atoms with Gasteiger partial charge in [-0.1, -0.05) is 24.3 Å². The van der Waals surface area contributed by atoms with Gasteiger partial charge in [0.25, 0.3) is 5.91 Å². The number of rotatable bonds is 2. The first kappa shape index (κ1) is 14.0. The van der Waals surface area contributed by atoms with Gasteiger partial charge < -0.3 is 10.3 Å². The second kappa shape index (κ2) is 5.34. The molecule has 0 saturated carbocycles. The molecule has 3 N–H and O–H groups in total. The topological polar surface area (TPSA) is 73.6 Å². The first-order valence-electron chi connectivity index (χ1n) is 8.34. The van der Waals surface area contributed by atoms with E-state index < -0.39 is 0 Å². The highest BCUT2D eigenvalue weighted by Crippen LogP contribution is 2.37. The number of carbonyl (C=O) groups is 1. The number of hydrogen-bond acceptors (Lipinski definition) is 2. The number of para-hydroxylation sites is 1. The molecular formula is C20H16N4O. The van der Waals surface area contributed by atoms with Crippen molar-refractivity contribution < 1.29 is 4.79 Å². The third-order valence-electron chi connectivity index (χ3n) is 4.82. The van der Waals surface area contributed by atoms with Gasteiger partial charge in [0.05, 0.1) is 17.6 Å². The van der Waals surface area contributed by atoms with Gasteiger partial charge in [0.2, 0.25) is 0 Å². The summed E-state index contributed by atoms with van der Waals surface area (Å²) in [6.07, 6.45) is 3.71. The summed E-state index contributed by atoms with van der Waals surface area (Å²) in [5, 5.41) is 11.2. The van der Waals surface area contributed by atoms with E-state index in [1.807, 2.05) is 54.7 Å². The summed E-state index contributed by atoms with van der Waals surface area (Å²) >= 11 is 0. The van der Waals surface area contributed by atoms with E-state index in [4.69, 9.17) is 0 Å². The Morgan fingerprint density at radius 2 is 1.88 bits per heavy atom. The van der Waals surface area contributed by atoms with Crippen molar-refractivity contribution in [2.75, 3.05) is 5.32 Å². The van der Waals surface area contributed by atoms with E-state index in [2.05, 4.69) is 20.5 Å². The summed E-state index contributed by atoms with van der Waals surface area (Å²) in [4.78, 5) is 16.3. The van der Waals surface area contributed by atoms with Crippen LogP contribution in [0.3, 0.4) is 0 Å². The third-order valence-corrected chi connectivity index (χ3v) is 4.82. The van der Waals surface area contributed by atoms with Gasteiger partial charge in [-0.3, -0.25) is 9.89 Å². The Morgan fingerprint density at radius 3 is 2.76 bits per heavy atom. The summed E-state index contributed by atoms with van der Waals surface area (Å²) < 4.78 is 0. The Bertz CT molecular complexity index is 1090. The number of aryl methyl sites for hydroxylation is 2. The molecule has 0 saturated heterocycles. The molecule has 5 nitrogen and oxygen atoms in total. The van der Waals surface area contributed by atoms with E-state index in [1.54, 1.807) is 0 Å². The monoisotopic (exact) mass is 328 g/mol. The highest BCUT2D eigenvalue weighted by Gasteiger charge is 2.25. The average molecular weight is 328 g/mol. The molecule has 2 aromatic carbocycles. The zero-order chi connectivity index (χ0) is 16.8. The minimum Gasteiger partial charge on any atom is -0.353 e. The van der Waals surface area contributed by atoms with E-state index in [0.717, 1.165) is 40.8 Å². The molecule has 0 bridgehead atoms. The lowest BCUT2D eigenvalue weighted by molar-refractivity contribution is 0.102. The SMILES string of the molecule is O=C(Nc1ccccc1)c1cccc2[nH]c3c(c12)CCc1cn[nH]c1-3. The predicted molar refractivity (Wildman–Crippen MR) is 97.7 cm³/mol. The number of hydrogen-bond donors (Lipinski definition) is 3. The van der Waals surface area contributed by atoms with Crippen molar-refractivity contribution in [3.05, 3.63) is 71.4 Å². The zero-order valence-electron chi connectivity index (χ0n) is 13.5. The molecule has 1 amide bonds. The third kappa shape index (κ3) is 2.16. The van der Waals surface area contributed by atoms with Crippen LogP contribution in [0.1, 0.15) is 21.5 Å². The number of nitrogens with zero attached hydrogens (tertiary/aromatic N) is 1. The van der Waals surface area contributed by atoms with Gasteiger partial charge in [-0.2, -0.15) is 5.10 Å². The molecule has 25 heavy (non-hydrogen) atoms. The molecule has 5 heteroatoms. The second-order valence-electron chi connectivity index (χ2n) is 6.30. The number of aromatic nitrogens is 3. The molecule has 1 aliphatic carbocycles. The van der Waals surface area contributed by atoms with Gasteiger partial charge in [0.15, 0.2) is 0 Å². The number of anilines is 1. The van der Waals surface area contributed by atoms with Gasteiger partial charge in [0.1, 0.15) is 0 Å². The Labute approximate surface area is 144 Å². The van der Waals surface area contributed by atoms with E-state index in [-0.39, 0.29) is 5.91 Å². The smallest absolute Gasteiger partial charge is 0.256 e. The largest absolute Gasteiger partial charge is 0.353 e. The summed E-state index contributed by atoms with van der Waals surface area (Å²) in [6.45, 7) is 0. The van der Waals surface area contributed by atoms with Crippen molar-refractivity contribution in [2.45, 2.75) is 12.8 Å². The van der Waals surface area contributed by atoms with Gasteiger partial charge in [-0.15, -0.1) is 0 Å². The molecule has 4 aromatic rings. The summed E-state index contributed by atoms with van der Waals surface area (Å²) in [7, 11) is 0. The van der Waals surface area contributed by atoms with Crippen LogP contribution in [0.25, 0.3) is 22.3 Å². The van der Waals surface area contributed by atoms with E-state index in [9.17, 15) is 4.79 Å². The fourth-order valence-corrected chi connectivity index (χ4v) is 3.67. The Kier molecular flexibility index (Phi) is 3.00. The molecule has 0 atom stereocenters. The molecule has 0 aliphatic heterocycles. The van der Waals surface area contributed by atoms with Crippen LogP contribution in [-0.2, 0) is 12.8 Å². The van der Waals surface area contributed by atoms with E-state index in [1.165, 1.54) is 11.1 Å². The maximum Gasteiger partial charge on any atom is 0.256 e. The molecule has 0 fully saturated rings. The molecule has 0 spiro atoms. The lowest BCUT2D eigenvalue weighted by atomic mass is 9.92. The fourth-order valence-electron chi connectivity index (χ4n) is 3.67. The highest BCUT2D eigenvalue weighted by atomic mass is 16.1. The van der Waals surface area contributed by atoms with Gasteiger partial charge in [0, 0.05) is 22.2 Å². The van der Waals surface area contributed by atoms with Crippen LogP contribution in [0.5, 0.6) is 0 Å².